The summed E-state index contributed by atoms with van der Waals surface area (Å²) in [5, 5.41) is 17.4. The number of rotatable bonds is 11. The number of nitrogens with zero attached hydrogens (tertiary/aromatic N) is 4. The van der Waals surface area contributed by atoms with E-state index in [0.29, 0.717) is 51.1 Å². The highest BCUT2D eigenvalue weighted by atomic mass is 35.5. The Morgan fingerprint density at radius 1 is 1.03 bits per heavy atom. The molecule has 180 valence electrons. The Morgan fingerprint density at radius 3 is 2.63 bits per heavy atom. The molecular formula is C25H23ClN4O4S. The summed E-state index contributed by atoms with van der Waals surface area (Å²) >= 11 is 7.16. The van der Waals surface area contributed by atoms with Crippen molar-refractivity contribution in [2.45, 2.75) is 32.1 Å². The van der Waals surface area contributed by atoms with Gasteiger partial charge in [0.05, 0.1) is 26.8 Å². The molecule has 8 nitrogen and oxygen atoms in total. The Hall–Kier alpha value is -3.40. The molecule has 0 unspecified atom stereocenters. The van der Waals surface area contributed by atoms with E-state index in [1.807, 2.05) is 0 Å². The molecule has 0 saturated carbocycles. The van der Waals surface area contributed by atoms with Crippen molar-refractivity contribution in [3.05, 3.63) is 91.7 Å². The second kappa shape index (κ2) is 11.4. The van der Waals surface area contributed by atoms with Gasteiger partial charge >= 0.3 is 0 Å². The Kier molecular flexibility index (Phi) is 8.02. The van der Waals surface area contributed by atoms with Crippen LogP contribution in [0.5, 0.6) is 0 Å². The van der Waals surface area contributed by atoms with E-state index in [1.54, 1.807) is 54.9 Å². The fourth-order valence-corrected chi connectivity index (χ4v) is 4.64. The van der Waals surface area contributed by atoms with Gasteiger partial charge in [0.15, 0.2) is 11.6 Å². The number of carbonyl (C=O) groups excluding carboxylic acids is 2. The molecule has 1 N–H and O–H groups in total. The summed E-state index contributed by atoms with van der Waals surface area (Å²) in [4.78, 5) is 38.4. The third-order valence-electron chi connectivity index (χ3n) is 5.44. The molecule has 3 aromatic heterocycles. The average molecular weight is 511 g/mol. The smallest absolute Gasteiger partial charge is 0.255 e. The molecule has 0 aliphatic carbocycles. The minimum Gasteiger partial charge on any atom is -0.396 e. The molecule has 0 spiro atoms. The number of hydrogen-bond acceptors (Lipinski definition) is 7. The normalized spacial score (nSPS) is 11.0. The summed E-state index contributed by atoms with van der Waals surface area (Å²) in [6, 6.07) is 13.4. The summed E-state index contributed by atoms with van der Waals surface area (Å²) in [5.41, 5.74) is 1.89. The predicted octanol–water partition coefficient (Wildman–Crippen LogP) is 4.29. The van der Waals surface area contributed by atoms with Crippen LogP contribution >= 0.6 is 22.9 Å². The molecule has 35 heavy (non-hydrogen) atoms. The standard InChI is InChI=1S/C25H23ClN4O4S/c26-24-12-11-23(35-24)22(33)10-7-17-16-30(28-27-17)20-9-8-18(29-13-3-1-6-25(29)34)15-19(20)21(32)5-2-4-14-31/h1,3,6,8-9,11-13,15-16,31H,2,4-5,7,10,14H2. The third kappa shape index (κ3) is 6.00. The largest absolute Gasteiger partial charge is 0.396 e. The number of unbranched alkanes of at least 4 members (excludes halogenated alkanes) is 1. The molecular weight excluding hydrogens is 488 g/mol. The second-order valence-corrected chi connectivity index (χ2v) is 9.61. The van der Waals surface area contributed by atoms with Crippen LogP contribution in [0.15, 0.2) is 65.7 Å². The van der Waals surface area contributed by atoms with Crippen LogP contribution < -0.4 is 5.56 Å². The van der Waals surface area contributed by atoms with Gasteiger partial charge in [-0.25, -0.2) is 4.68 Å². The molecule has 0 fully saturated rings. The van der Waals surface area contributed by atoms with Gasteiger partial charge in [-0.05, 0) is 49.2 Å². The molecule has 0 atom stereocenters. The Balaban J connectivity index is 1.60. The predicted molar refractivity (Wildman–Crippen MR) is 134 cm³/mol. The van der Waals surface area contributed by atoms with Crippen molar-refractivity contribution in [3.8, 4) is 11.4 Å². The van der Waals surface area contributed by atoms with Crippen LogP contribution in [0.1, 0.15) is 51.4 Å². The number of aliphatic hydroxyl groups excluding tert-OH is 1. The summed E-state index contributed by atoms with van der Waals surface area (Å²) in [6.07, 6.45) is 5.31. The zero-order chi connectivity index (χ0) is 24.8. The van der Waals surface area contributed by atoms with Crippen LogP contribution in [-0.2, 0) is 6.42 Å². The van der Waals surface area contributed by atoms with Gasteiger partial charge < -0.3 is 5.11 Å². The lowest BCUT2D eigenvalue weighted by Gasteiger charge is -2.12. The fourth-order valence-electron chi connectivity index (χ4n) is 3.63. The molecule has 0 aliphatic heterocycles. The Bertz CT molecular complexity index is 1410. The van der Waals surface area contributed by atoms with Gasteiger partial charge in [0.25, 0.3) is 5.56 Å². The van der Waals surface area contributed by atoms with E-state index in [1.165, 1.54) is 26.7 Å². The lowest BCUT2D eigenvalue weighted by atomic mass is 10.0. The zero-order valence-corrected chi connectivity index (χ0v) is 20.3. The summed E-state index contributed by atoms with van der Waals surface area (Å²) in [5.74, 6) is -0.144. The third-order valence-corrected chi connectivity index (χ3v) is 6.71. The van der Waals surface area contributed by atoms with Crippen molar-refractivity contribution in [1.29, 1.82) is 0 Å². The topological polar surface area (TPSA) is 107 Å². The van der Waals surface area contributed by atoms with Gasteiger partial charge in [-0.2, -0.15) is 0 Å². The number of aromatic nitrogens is 4. The van der Waals surface area contributed by atoms with E-state index in [4.69, 9.17) is 16.7 Å². The first-order valence-electron chi connectivity index (χ1n) is 11.1. The minimum absolute atomic E-state index is 0.0163. The number of halogens is 1. The molecule has 0 saturated heterocycles. The lowest BCUT2D eigenvalue weighted by Crippen LogP contribution is -2.17. The van der Waals surface area contributed by atoms with E-state index in [2.05, 4.69) is 10.3 Å². The van der Waals surface area contributed by atoms with Gasteiger partial charge in [-0.3, -0.25) is 19.0 Å². The number of aliphatic hydroxyl groups is 1. The number of carbonyl (C=O) groups is 2. The van der Waals surface area contributed by atoms with Gasteiger partial charge in [-0.1, -0.05) is 22.9 Å². The van der Waals surface area contributed by atoms with Gasteiger partial charge in [-0.15, -0.1) is 16.4 Å². The van der Waals surface area contributed by atoms with Crippen LogP contribution in [0, 0.1) is 0 Å². The maximum Gasteiger partial charge on any atom is 0.255 e. The number of Topliss-reactive ketones (excluding diaryl/α,β-unsaturated/α-hetero) is 2. The second-order valence-electron chi connectivity index (χ2n) is 7.90. The SMILES string of the molecule is O=C(CCc1cn(-c2ccc(-n3ccccc3=O)cc2C(=O)CCCCO)nn1)c1ccc(Cl)s1. The number of pyridine rings is 1. The Labute approximate surface area is 210 Å². The van der Waals surface area contributed by atoms with Crippen molar-refractivity contribution in [1.82, 2.24) is 19.6 Å². The number of thiophene rings is 1. The first kappa shape index (κ1) is 24.7. The van der Waals surface area contributed by atoms with Gasteiger partial charge in [0.2, 0.25) is 0 Å². The quantitative estimate of drug-likeness (QED) is 0.238. The molecule has 0 bridgehead atoms. The molecule has 0 aliphatic rings. The van der Waals surface area contributed by atoms with E-state index < -0.39 is 0 Å². The highest BCUT2D eigenvalue weighted by Crippen LogP contribution is 2.24. The van der Waals surface area contributed by atoms with E-state index in [0.717, 1.165) is 0 Å². The van der Waals surface area contributed by atoms with E-state index in [9.17, 15) is 14.4 Å². The molecule has 4 aromatic rings. The average Bonchev–Trinajstić information content (AvgIpc) is 3.52. The van der Waals surface area contributed by atoms with Crippen molar-refractivity contribution in [2.24, 2.45) is 0 Å². The number of hydrogen-bond donors (Lipinski definition) is 1. The molecule has 0 amide bonds. The zero-order valence-electron chi connectivity index (χ0n) is 18.8. The monoisotopic (exact) mass is 510 g/mol. The fraction of sp³-hybridized carbons (Fsp3) is 0.240. The van der Waals surface area contributed by atoms with Crippen molar-refractivity contribution in [3.63, 3.8) is 0 Å². The summed E-state index contributed by atoms with van der Waals surface area (Å²) in [6.45, 7) is 0.0163. The molecule has 0 radical (unpaired) electrons. The summed E-state index contributed by atoms with van der Waals surface area (Å²) in [7, 11) is 0. The van der Waals surface area contributed by atoms with Crippen molar-refractivity contribution < 1.29 is 14.7 Å². The van der Waals surface area contributed by atoms with Gasteiger partial charge in [0.1, 0.15) is 0 Å². The number of ketones is 2. The molecule has 10 heteroatoms. The maximum atomic E-state index is 13.1. The van der Waals surface area contributed by atoms with Crippen LogP contribution in [0.3, 0.4) is 0 Å². The maximum absolute atomic E-state index is 13.1. The highest BCUT2D eigenvalue weighted by molar-refractivity contribution is 7.18. The van der Waals surface area contributed by atoms with Crippen molar-refractivity contribution in [2.75, 3.05) is 6.61 Å². The van der Waals surface area contributed by atoms with Crippen LogP contribution in [0.4, 0.5) is 0 Å². The molecule has 1 aromatic carbocycles. The van der Waals surface area contributed by atoms with E-state index in [-0.39, 0.29) is 36.6 Å². The number of benzene rings is 1. The van der Waals surface area contributed by atoms with Crippen molar-refractivity contribution >= 4 is 34.5 Å². The lowest BCUT2D eigenvalue weighted by molar-refractivity contribution is 0.0972. The van der Waals surface area contributed by atoms with Gasteiger partial charge in [0, 0.05) is 49.4 Å². The van der Waals surface area contributed by atoms with E-state index >= 15 is 0 Å². The van der Waals surface area contributed by atoms with Crippen LogP contribution in [0.25, 0.3) is 11.4 Å². The summed E-state index contributed by atoms with van der Waals surface area (Å²) < 4.78 is 3.54. The first-order valence-corrected chi connectivity index (χ1v) is 12.3. The first-order chi connectivity index (χ1) is 17.0. The van der Waals surface area contributed by atoms with Crippen LogP contribution in [-0.4, -0.2) is 42.8 Å². The highest BCUT2D eigenvalue weighted by Gasteiger charge is 2.17. The molecule has 4 rings (SSSR count). The minimum atomic E-state index is -0.210. The molecule has 3 heterocycles. The van der Waals surface area contributed by atoms with Crippen LogP contribution in [0.2, 0.25) is 4.34 Å². The Morgan fingerprint density at radius 2 is 1.89 bits per heavy atom. The number of aryl methyl sites for hydroxylation is 1.